The number of hydrogen-bond donors (Lipinski definition) is 4. The van der Waals surface area contributed by atoms with Crippen LogP contribution < -0.4 is 15.2 Å². The van der Waals surface area contributed by atoms with Crippen LogP contribution in [0.4, 0.5) is 11.4 Å². The number of hydrogen-bond acceptors (Lipinski definition) is 4. The molecule has 0 aliphatic carbocycles. The Bertz CT molecular complexity index is 596. The minimum absolute atomic E-state index is 0.181. The van der Waals surface area contributed by atoms with E-state index in [-0.39, 0.29) is 22.8 Å². The van der Waals surface area contributed by atoms with E-state index in [2.05, 4.69) is 5.32 Å². The summed E-state index contributed by atoms with van der Waals surface area (Å²) in [6.45, 7) is 1.26. The van der Waals surface area contributed by atoms with Gasteiger partial charge in [0.1, 0.15) is 0 Å². The molecule has 1 amide bonds. The van der Waals surface area contributed by atoms with E-state index in [1.54, 1.807) is 0 Å². The summed E-state index contributed by atoms with van der Waals surface area (Å²) < 4.78 is 23.6. The summed E-state index contributed by atoms with van der Waals surface area (Å²) in [5.41, 5.74) is -0.269. The fraction of sp³-hybridized carbons (Fsp3) is 0.111. The number of amides is 1. The molecule has 0 aliphatic heterocycles. The minimum atomic E-state index is -4.07. The molecule has 0 unspecified atom stereocenters. The maximum absolute atomic E-state index is 11.0. The molecule has 0 heterocycles. The van der Waals surface area contributed by atoms with Gasteiger partial charge in [-0.25, -0.2) is 9.93 Å². The molecule has 0 spiro atoms. The number of carboxylic acid groups (broad SMARTS) is 1. The topological polar surface area (TPSA) is 139 Å². The molecule has 1 rings (SSSR count). The molecule has 0 saturated heterocycles. The number of carbonyl (C=O) groups is 2. The number of rotatable bonds is 4. The summed E-state index contributed by atoms with van der Waals surface area (Å²) in [5, 5.41) is 16.1. The molecule has 8 nitrogen and oxygen atoms in total. The van der Waals surface area contributed by atoms with Crippen LogP contribution in [-0.2, 0) is 15.0 Å². The first-order valence-electron chi connectivity index (χ1n) is 4.64. The van der Waals surface area contributed by atoms with Gasteiger partial charge in [-0.05, 0) is 18.2 Å². The first-order chi connectivity index (χ1) is 8.19. The van der Waals surface area contributed by atoms with E-state index < -0.39 is 16.2 Å². The van der Waals surface area contributed by atoms with Crippen LogP contribution >= 0.6 is 0 Å². The maximum Gasteiger partial charge on any atom is 0.337 e. The van der Waals surface area contributed by atoms with Crippen molar-refractivity contribution < 1.29 is 23.1 Å². The fourth-order valence-corrected chi connectivity index (χ4v) is 1.73. The van der Waals surface area contributed by atoms with Crippen LogP contribution in [0.1, 0.15) is 17.3 Å². The van der Waals surface area contributed by atoms with Gasteiger partial charge < -0.3 is 10.4 Å². The largest absolute Gasteiger partial charge is 0.478 e. The third-order valence-corrected chi connectivity index (χ3v) is 2.33. The van der Waals surface area contributed by atoms with Crippen molar-refractivity contribution in [2.75, 3.05) is 10.0 Å². The van der Waals surface area contributed by atoms with Crippen molar-refractivity contribution in [1.29, 1.82) is 0 Å². The normalized spacial score (nSPS) is 10.8. The van der Waals surface area contributed by atoms with Gasteiger partial charge in [0, 0.05) is 12.6 Å². The van der Waals surface area contributed by atoms with Crippen LogP contribution in [0.25, 0.3) is 0 Å². The van der Waals surface area contributed by atoms with E-state index in [1.807, 2.05) is 4.72 Å². The summed E-state index contributed by atoms with van der Waals surface area (Å²) in [5.74, 6) is -1.73. The summed E-state index contributed by atoms with van der Waals surface area (Å²) >= 11 is 0. The van der Waals surface area contributed by atoms with Gasteiger partial charge >= 0.3 is 5.97 Å². The Kier molecular flexibility index (Phi) is 3.89. The molecule has 9 heteroatoms. The Morgan fingerprint density at radius 1 is 1.33 bits per heavy atom. The van der Waals surface area contributed by atoms with Crippen LogP contribution in [-0.4, -0.2) is 25.4 Å². The molecule has 0 radical (unpaired) electrons. The smallest absolute Gasteiger partial charge is 0.337 e. The highest BCUT2D eigenvalue weighted by Gasteiger charge is 2.14. The number of aromatic carboxylic acids is 1. The van der Waals surface area contributed by atoms with Crippen LogP contribution in [0.15, 0.2) is 18.2 Å². The van der Waals surface area contributed by atoms with Gasteiger partial charge in [0.05, 0.1) is 11.3 Å². The van der Waals surface area contributed by atoms with E-state index in [9.17, 15) is 18.0 Å². The lowest BCUT2D eigenvalue weighted by Gasteiger charge is -2.09. The van der Waals surface area contributed by atoms with Gasteiger partial charge in [-0.1, -0.05) is 0 Å². The molecule has 0 atom stereocenters. The lowest BCUT2D eigenvalue weighted by atomic mass is 10.1. The minimum Gasteiger partial charge on any atom is -0.478 e. The van der Waals surface area contributed by atoms with Gasteiger partial charge in [0.2, 0.25) is 5.91 Å². The summed E-state index contributed by atoms with van der Waals surface area (Å²) in [4.78, 5) is 21.8. The Morgan fingerprint density at radius 3 is 2.39 bits per heavy atom. The average Bonchev–Trinajstić information content (AvgIpc) is 2.17. The number of anilines is 2. The predicted octanol–water partition coefficient (Wildman–Crippen LogP) is -0.0414. The lowest BCUT2D eigenvalue weighted by molar-refractivity contribution is -0.114. The first-order valence-corrected chi connectivity index (χ1v) is 6.19. The molecule has 5 N–H and O–H groups in total. The van der Waals surface area contributed by atoms with Gasteiger partial charge in [-0.15, -0.1) is 0 Å². The third-order valence-electron chi connectivity index (χ3n) is 1.82. The van der Waals surface area contributed by atoms with E-state index in [0.29, 0.717) is 0 Å². The van der Waals surface area contributed by atoms with E-state index in [1.165, 1.54) is 19.1 Å². The summed E-state index contributed by atoms with van der Waals surface area (Å²) in [6.07, 6.45) is 0. The number of carboxylic acids is 1. The molecule has 1 aromatic rings. The number of nitrogens with two attached hydrogens (primary N) is 1. The third kappa shape index (κ3) is 4.03. The Balaban J connectivity index is 3.20. The van der Waals surface area contributed by atoms with Gasteiger partial charge in [-0.3, -0.25) is 9.52 Å². The predicted molar refractivity (Wildman–Crippen MR) is 64.4 cm³/mol. The quantitative estimate of drug-likeness (QED) is 0.609. The van der Waals surface area contributed by atoms with Crippen molar-refractivity contribution in [3.63, 3.8) is 0 Å². The van der Waals surface area contributed by atoms with Crippen LogP contribution in [0, 0.1) is 0 Å². The van der Waals surface area contributed by atoms with Gasteiger partial charge in [-0.2, -0.15) is 8.42 Å². The van der Waals surface area contributed by atoms with Crippen molar-refractivity contribution in [3.05, 3.63) is 23.8 Å². The van der Waals surface area contributed by atoms with Crippen molar-refractivity contribution in [3.8, 4) is 0 Å². The Hall–Kier alpha value is -2.13. The van der Waals surface area contributed by atoms with E-state index in [4.69, 9.17) is 10.2 Å². The number of nitrogens with one attached hydrogen (secondary N) is 2. The average molecular weight is 273 g/mol. The van der Waals surface area contributed by atoms with Crippen LogP contribution in [0.5, 0.6) is 0 Å². The zero-order valence-corrected chi connectivity index (χ0v) is 10.1. The molecule has 0 bridgehead atoms. The van der Waals surface area contributed by atoms with Crippen molar-refractivity contribution in [2.24, 2.45) is 5.14 Å². The fourth-order valence-electron chi connectivity index (χ4n) is 1.24. The molecular weight excluding hydrogens is 262 g/mol. The SMILES string of the molecule is CC(=O)Nc1ccc(NS(N)(=O)=O)c(C(=O)O)c1. The highest BCUT2D eigenvalue weighted by atomic mass is 32.2. The first kappa shape index (κ1) is 13.9. The maximum atomic E-state index is 11.0. The second-order valence-corrected chi connectivity index (χ2v) is 4.69. The molecule has 1 aromatic carbocycles. The molecule has 0 saturated carbocycles. The Morgan fingerprint density at radius 2 is 1.94 bits per heavy atom. The van der Waals surface area contributed by atoms with Crippen molar-refractivity contribution >= 4 is 33.5 Å². The second-order valence-electron chi connectivity index (χ2n) is 3.39. The molecule has 0 aliphatic rings. The zero-order chi connectivity index (χ0) is 13.9. The molecular formula is C9H11N3O5S. The van der Waals surface area contributed by atoms with Crippen LogP contribution in [0.3, 0.4) is 0 Å². The lowest BCUT2D eigenvalue weighted by Crippen LogP contribution is -2.23. The molecule has 0 aromatic heterocycles. The monoisotopic (exact) mass is 273 g/mol. The second kappa shape index (κ2) is 5.02. The standard InChI is InChI=1S/C9H11N3O5S/c1-5(13)11-6-2-3-8(12-18(10,16)17)7(4-6)9(14)15/h2-4,12H,1H3,(H,11,13)(H,14,15)(H2,10,16,17). The number of benzene rings is 1. The van der Waals surface area contributed by atoms with Gasteiger partial charge in [0.25, 0.3) is 10.2 Å². The van der Waals surface area contributed by atoms with Crippen molar-refractivity contribution in [1.82, 2.24) is 0 Å². The van der Waals surface area contributed by atoms with Crippen LogP contribution in [0.2, 0.25) is 0 Å². The summed E-state index contributed by atoms with van der Waals surface area (Å²) in [7, 11) is -4.07. The summed E-state index contributed by atoms with van der Waals surface area (Å²) in [6, 6.07) is 3.66. The highest BCUT2D eigenvalue weighted by Crippen LogP contribution is 2.21. The van der Waals surface area contributed by atoms with Crippen molar-refractivity contribution in [2.45, 2.75) is 6.92 Å². The Labute approximate surface area is 103 Å². The zero-order valence-electron chi connectivity index (χ0n) is 9.30. The molecule has 0 fully saturated rings. The highest BCUT2D eigenvalue weighted by molar-refractivity contribution is 7.90. The number of carbonyl (C=O) groups excluding carboxylic acids is 1. The van der Waals surface area contributed by atoms with E-state index in [0.717, 1.165) is 6.07 Å². The van der Waals surface area contributed by atoms with Gasteiger partial charge in [0.15, 0.2) is 0 Å². The molecule has 98 valence electrons. The van der Waals surface area contributed by atoms with E-state index >= 15 is 0 Å². The molecule has 18 heavy (non-hydrogen) atoms.